The van der Waals surface area contributed by atoms with E-state index >= 15 is 0 Å². The summed E-state index contributed by atoms with van der Waals surface area (Å²) in [5.41, 5.74) is 0.860. The maximum Gasteiger partial charge on any atom is 0.305 e. The lowest BCUT2D eigenvalue weighted by Gasteiger charge is -2.02. The molecule has 8 heteroatoms. The van der Waals surface area contributed by atoms with Gasteiger partial charge in [-0.05, 0) is 24.3 Å². The predicted molar refractivity (Wildman–Crippen MR) is 76.4 cm³/mol. The van der Waals surface area contributed by atoms with Crippen molar-refractivity contribution in [2.45, 2.75) is 6.42 Å². The van der Waals surface area contributed by atoms with Gasteiger partial charge in [-0.3, -0.25) is 9.59 Å². The second-order valence-corrected chi connectivity index (χ2v) is 4.93. The molecule has 0 bridgehead atoms. The van der Waals surface area contributed by atoms with Gasteiger partial charge in [0.2, 0.25) is 0 Å². The Hall–Kier alpha value is -2.48. The van der Waals surface area contributed by atoms with Gasteiger partial charge in [-0.1, -0.05) is 0 Å². The molecule has 110 valence electrons. The highest BCUT2D eigenvalue weighted by atomic mass is 32.1. The van der Waals surface area contributed by atoms with Gasteiger partial charge < -0.3 is 15.7 Å². The Morgan fingerprint density at radius 2 is 2.00 bits per heavy atom. The maximum absolute atomic E-state index is 12.8. The lowest BCUT2D eigenvalue weighted by atomic mass is 10.3. The summed E-state index contributed by atoms with van der Waals surface area (Å²) >= 11 is 1.22. The molecule has 3 N–H and O–H groups in total. The van der Waals surface area contributed by atoms with Crippen LogP contribution in [0.2, 0.25) is 0 Å². The molecule has 0 aliphatic rings. The number of amides is 1. The molecular formula is C13H12FN3O3S. The van der Waals surface area contributed by atoms with Crippen LogP contribution >= 0.6 is 11.3 Å². The maximum atomic E-state index is 12.8. The highest BCUT2D eigenvalue weighted by molar-refractivity contribution is 7.14. The van der Waals surface area contributed by atoms with Crippen molar-refractivity contribution in [3.05, 3.63) is 41.2 Å². The number of rotatable bonds is 6. The Morgan fingerprint density at radius 3 is 2.67 bits per heavy atom. The lowest BCUT2D eigenvalue weighted by molar-refractivity contribution is -0.136. The second-order valence-electron chi connectivity index (χ2n) is 4.07. The van der Waals surface area contributed by atoms with Gasteiger partial charge in [0.1, 0.15) is 11.5 Å². The number of carboxylic acids is 1. The molecule has 21 heavy (non-hydrogen) atoms. The van der Waals surface area contributed by atoms with E-state index in [0.29, 0.717) is 10.8 Å². The van der Waals surface area contributed by atoms with Gasteiger partial charge in [-0.15, -0.1) is 11.3 Å². The summed E-state index contributed by atoms with van der Waals surface area (Å²) in [5, 5.41) is 15.9. The largest absolute Gasteiger partial charge is 0.481 e. The minimum Gasteiger partial charge on any atom is -0.481 e. The van der Waals surface area contributed by atoms with E-state index in [2.05, 4.69) is 15.6 Å². The molecular weight excluding hydrogens is 297 g/mol. The van der Waals surface area contributed by atoms with Gasteiger partial charge in [0, 0.05) is 17.6 Å². The third-order valence-electron chi connectivity index (χ3n) is 2.46. The zero-order valence-electron chi connectivity index (χ0n) is 10.8. The first-order valence-corrected chi connectivity index (χ1v) is 6.90. The summed E-state index contributed by atoms with van der Waals surface area (Å²) in [7, 11) is 0. The van der Waals surface area contributed by atoms with E-state index in [1.165, 1.54) is 23.5 Å². The zero-order valence-corrected chi connectivity index (χ0v) is 11.6. The number of carbonyl (C=O) groups is 2. The zero-order chi connectivity index (χ0) is 15.2. The molecule has 0 atom stereocenters. The van der Waals surface area contributed by atoms with Crippen LogP contribution in [0.3, 0.4) is 0 Å². The fourth-order valence-electron chi connectivity index (χ4n) is 1.47. The monoisotopic (exact) mass is 309 g/mol. The van der Waals surface area contributed by atoms with E-state index in [0.717, 1.165) is 0 Å². The van der Waals surface area contributed by atoms with Crippen LogP contribution in [-0.2, 0) is 4.79 Å². The van der Waals surface area contributed by atoms with E-state index < -0.39 is 11.9 Å². The lowest BCUT2D eigenvalue weighted by Crippen LogP contribution is -2.26. The van der Waals surface area contributed by atoms with Crippen molar-refractivity contribution in [1.29, 1.82) is 0 Å². The summed E-state index contributed by atoms with van der Waals surface area (Å²) in [4.78, 5) is 26.1. The smallest absolute Gasteiger partial charge is 0.305 e. The number of aliphatic carboxylic acids is 1. The van der Waals surface area contributed by atoms with Crippen molar-refractivity contribution in [2.75, 3.05) is 11.9 Å². The van der Waals surface area contributed by atoms with Crippen molar-refractivity contribution < 1.29 is 19.1 Å². The fourth-order valence-corrected chi connectivity index (χ4v) is 2.18. The average molecular weight is 309 g/mol. The SMILES string of the molecule is O=C(O)CCNC(=O)c1csc(Nc2ccc(F)cc2)n1. The third-order valence-corrected chi connectivity index (χ3v) is 3.21. The molecule has 0 saturated heterocycles. The summed E-state index contributed by atoms with van der Waals surface area (Å²) in [5.74, 6) is -1.75. The summed E-state index contributed by atoms with van der Waals surface area (Å²) in [6, 6.07) is 5.75. The molecule has 0 radical (unpaired) electrons. The van der Waals surface area contributed by atoms with Gasteiger partial charge in [0.05, 0.1) is 6.42 Å². The molecule has 1 aromatic heterocycles. The quantitative estimate of drug-likeness (QED) is 0.761. The Bertz CT molecular complexity index is 642. The topological polar surface area (TPSA) is 91.3 Å². The predicted octanol–water partition coefficient (Wildman–Crippen LogP) is 2.23. The second kappa shape index (κ2) is 6.80. The van der Waals surface area contributed by atoms with Crippen molar-refractivity contribution in [1.82, 2.24) is 10.3 Å². The normalized spacial score (nSPS) is 10.1. The van der Waals surface area contributed by atoms with E-state index in [1.807, 2.05) is 0 Å². The number of carboxylic acid groups (broad SMARTS) is 1. The Balaban J connectivity index is 1.93. The molecule has 0 fully saturated rings. The average Bonchev–Trinajstić information content (AvgIpc) is 2.89. The first kappa shape index (κ1) is 14.9. The van der Waals surface area contributed by atoms with Crippen molar-refractivity contribution in [3.8, 4) is 0 Å². The van der Waals surface area contributed by atoms with Gasteiger partial charge in [0.25, 0.3) is 5.91 Å². The number of carbonyl (C=O) groups excluding carboxylic acids is 1. The van der Waals surface area contributed by atoms with Crippen LogP contribution in [0.15, 0.2) is 29.6 Å². The first-order chi connectivity index (χ1) is 10.0. The van der Waals surface area contributed by atoms with Crippen LogP contribution in [0.1, 0.15) is 16.9 Å². The van der Waals surface area contributed by atoms with Crippen LogP contribution in [0.5, 0.6) is 0 Å². The molecule has 0 saturated carbocycles. The highest BCUT2D eigenvalue weighted by Crippen LogP contribution is 2.21. The number of halogens is 1. The first-order valence-electron chi connectivity index (χ1n) is 6.03. The van der Waals surface area contributed by atoms with Crippen molar-refractivity contribution in [3.63, 3.8) is 0 Å². The summed E-state index contributed by atoms with van der Waals surface area (Å²) in [6.45, 7) is 0.0480. The molecule has 2 aromatic rings. The van der Waals surface area contributed by atoms with E-state index in [9.17, 15) is 14.0 Å². The Labute approximate surface area is 123 Å². The van der Waals surface area contributed by atoms with Crippen molar-refractivity contribution >= 4 is 34.0 Å². The number of nitrogens with one attached hydrogen (secondary N) is 2. The number of benzene rings is 1. The molecule has 2 rings (SSSR count). The molecule has 6 nitrogen and oxygen atoms in total. The number of anilines is 2. The van der Waals surface area contributed by atoms with E-state index in [1.54, 1.807) is 17.5 Å². The van der Waals surface area contributed by atoms with Crippen LogP contribution in [0, 0.1) is 5.82 Å². The standard InChI is InChI=1S/C13H12FN3O3S/c14-8-1-3-9(4-2-8)16-13-17-10(7-21-13)12(20)15-6-5-11(18)19/h1-4,7H,5-6H2,(H,15,20)(H,16,17)(H,18,19). The highest BCUT2D eigenvalue weighted by Gasteiger charge is 2.11. The number of thiazole rings is 1. The van der Waals surface area contributed by atoms with Crippen LogP contribution in [0.25, 0.3) is 0 Å². The minimum absolute atomic E-state index is 0.0480. The van der Waals surface area contributed by atoms with Gasteiger partial charge in [-0.25, -0.2) is 9.37 Å². The molecule has 0 aliphatic heterocycles. The molecule has 1 heterocycles. The Morgan fingerprint density at radius 1 is 1.29 bits per heavy atom. The molecule has 0 unspecified atom stereocenters. The van der Waals surface area contributed by atoms with E-state index in [-0.39, 0.29) is 24.5 Å². The van der Waals surface area contributed by atoms with Crippen LogP contribution in [-0.4, -0.2) is 28.5 Å². The number of hydrogen-bond donors (Lipinski definition) is 3. The van der Waals surface area contributed by atoms with Crippen LogP contribution < -0.4 is 10.6 Å². The molecule has 0 aliphatic carbocycles. The number of hydrogen-bond acceptors (Lipinski definition) is 5. The number of nitrogens with zero attached hydrogens (tertiary/aromatic N) is 1. The summed E-state index contributed by atoms with van der Waals surface area (Å²) in [6.07, 6.45) is -0.142. The molecule has 1 aromatic carbocycles. The Kier molecular flexibility index (Phi) is 4.83. The third kappa shape index (κ3) is 4.53. The van der Waals surface area contributed by atoms with Gasteiger partial charge >= 0.3 is 5.97 Å². The minimum atomic E-state index is -0.979. The van der Waals surface area contributed by atoms with Gasteiger partial charge in [0.15, 0.2) is 5.13 Å². The van der Waals surface area contributed by atoms with Crippen molar-refractivity contribution in [2.24, 2.45) is 0 Å². The number of aromatic nitrogens is 1. The van der Waals surface area contributed by atoms with E-state index in [4.69, 9.17) is 5.11 Å². The van der Waals surface area contributed by atoms with Crippen LogP contribution in [0.4, 0.5) is 15.2 Å². The fraction of sp³-hybridized carbons (Fsp3) is 0.154. The summed E-state index contributed by atoms with van der Waals surface area (Å²) < 4.78 is 12.8. The molecule has 0 spiro atoms. The molecule has 1 amide bonds. The van der Waals surface area contributed by atoms with Gasteiger partial charge in [-0.2, -0.15) is 0 Å².